The standard InChI is InChI=1S/C21H35N5O5/c1-20(2,3)10-12-14(31-21(4,5)6)15(29-9-8-28-7)18(30-12)26-11-23-13-16(26)24-19(22)25-17(13)27/h11-12,14-15,18H,8-10H2,1-7H3,(H3,22,24,25,27)/t12-,14-,15-,18-/m1/s1. The molecule has 0 aliphatic carbocycles. The number of hydrogen-bond donors (Lipinski definition) is 2. The SMILES string of the molecule is COCCO[C@@H]1[C@H](OC(C)(C)C)[C@@H](CC(C)(C)C)O[C@H]1n1cnc2c(=O)[nH]c(N)nc21. The van der Waals surface area contributed by atoms with Crippen molar-refractivity contribution in [3.63, 3.8) is 0 Å². The second kappa shape index (κ2) is 8.85. The van der Waals surface area contributed by atoms with Crippen molar-refractivity contribution in [3.05, 3.63) is 16.7 Å². The molecule has 0 radical (unpaired) electrons. The largest absolute Gasteiger partial charge is 0.382 e. The summed E-state index contributed by atoms with van der Waals surface area (Å²) in [7, 11) is 1.62. The smallest absolute Gasteiger partial charge is 0.280 e. The minimum Gasteiger partial charge on any atom is -0.382 e. The lowest BCUT2D eigenvalue weighted by molar-refractivity contribution is -0.134. The highest BCUT2D eigenvalue weighted by atomic mass is 16.6. The number of ether oxygens (including phenoxy) is 4. The molecule has 2 aromatic heterocycles. The maximum Gasteiger partial charge on any atom is 0.280 e. The van der Waals surface area contributed by atoms with Gasteiger partial charge in [-0.3, -0.25) is 14.3 Å². The van der Waals surface area contributed by atoms with E-state index >= 15 is 0 Å². The van der Waals surface area contributed by atoms with Crippen LogP contribution in [0.15, 0.2) is 11.1 Å². The van der Waals surface area contributed by atoms with Gasteiger partial charge in [0.05, 0.1) is 31.2 Å². The number of nitrogens with one attached hydrogen (secondary N) is 1. The predicted molar refractivity (Wildman–Crippen MR) is 117 cm³/mol. The molecule has 0 saturated carbocycles. The van der Waals surface area contributed by atoms with Crippen LogP contribution in [0.3, 0.4) is 0 Å². The van der Waals surface area contributed by atoms with Gasteiger partial charge in [0.2, 0.25) is 5.95 Å². The van der Waals surface area contributed by atoms with E-state index in [1.807, 2.05) is 20.8 Å². The van der Waals surface area contributed by atoms with Crippen molar-refractivity contribution in [1.29, 1.82) is 0 Å². The molecule has 31 heavy (non-hydrogen) atoms. The molecule has 3 N–H and O–H groups in total. The Hall–Kier alpha value is -2.01. The van der Waals surface area contributed by atoms with Crippen molar-refractivity contribution < 1.29 is 18.9 Å². The van der Waals surface area contributed by atoms with Crippen LogP contribution in [0, 0.1) is 5.41 Å². The number of rotatable bonds is 7. The normalized spacial score (nSPS) is 24.9. The Morgan fingerprint density at radius 2 is 1.90 bits per heavy atom. The third kappa shape index (κ3) is 5.62. The first kappa shape index (κ1) is 23.6. The average molecular weight is 438 g/mol. The third-order valence-corrected chi connectivity index (χ3v) is 4.91. The van der Waals surface area contributed by atoms with E-state index in [2.05, 4.69) is 35.7 Å². The Bertz CT molecular complexity index is 942. The van der Waals surface area contributed by atoms with E-state index < -0.39 is 23.5 Å². The van der Waals surface area contributed by atoms with Gasteiger partial charge in [-0.15, -0.1) is 0 Å². The van der Waals surface area contributed by atoms with Crippen LogP contribution in [0.5, 0.6) is 0 Å². The Kier molecular flexibility index (Phi) is 6.75. The van der Waals surface area contributed by atoms with Crippen LogP contribution in [-0.4, -0.2) is 63.8 Å². The lowest BCUT2D eigenvalue weighted by Gasteiger charge is -2.33. The van der Waals surface area contributed by atoms with Gasteiger partial charge in [0.15, 0.2) is 17.4 Å². The average Bonchev–Trinajstić information content (AvgIpc) is 3.15. The third-order valence-electron chi connectivity index (χ3n) is 4.91. The van der Waals surface area contributed by atoms with Crippen LogP contribution >= 0.6 is 0 Å². The van der Waals surface area contributed by atoms with Crippen molar-refractivity contribution in [2.75, 3.05) is 26.1 Å². The molecule has 1 fully saturated rings. The highest BCUT2D eigenvalue weighted by molar-refractivity contribution is 5.70. The molecule has 3 heterocycles. The van der Waals surface area contributed by atoms with E-state index in [9.17, 15) is 4.79 Å². The van der Waals surface area contributed by atoms with E-state index in [0.717, 1.165) is 6.42 Å². The Labute approximate surface area is 182 Å². The zero-order valence-corrected chi connectivity index (χ0v) is 19.5. The van der Waals surface area contributed by atoms with Crippen LogP contribution in [-0.2, 0) is 18.9 Å². The fourth-order valence-electron chi connectivity index (χ4n) is 3.82. The summed E-state index contributed by atoms with van der Waals surface area (Å²) in [5, 5.41) is 0. The fourth-order valence-corrected chi connectivity index (χ4v) is 3.82. The van der Waals surface area contributed by atoms with E-state index in [1.165, 1.54) is 6.33 Å². The van der Waals surface area contributed by atoms with Crippen LogP contribution < -0.4 is 11.3 Å². The minimum absolute atomic E-state index is 0.00691. The molecule has 0 aromatic carbocycles. The molecular weight excluding hydrogens is 402 g/mol. The number of anilines is 1. The summed E-state index contributed by atoms with van der Waals surface area (Å²) in [5.41, 5.74) is 5.53. The number of aromatic amines is 1. The molecule has 174 valence electrons. The molecule has 2 aromatic rings. The molecule has 3 rings (SSSR count). The van der Waals surface area contributed by atoms with Gasteiger partial charge in [-0.25, -0.2) is 4.98 Å². The maximum absolute atomic E-state index is 12.3. The number of nitrogen functional groups attached to an aromatic ring is 1. The first-order valence-corrected chi connectivity index (χ1v) is 10.6. The Balaban J connectivity index is 2.05. The molecule has 10 heteroatoms. The molecule has 0 amide bonds. The van der Waals surface area contributed by atoms with Gasteiger partial charge < -0.3 is 24.7 Å². The zero-order chi connectivity index (χ0) is 23.0. The van der Waals surface area contributed by atoms with Crippen LogP contribution in [0.1, 0.15) is 54.2 Å². The monoisotopic (exact) mass is 437 g/mol. The number of imidazole rings is 1. The van der Waals surface area contributed by atoms with Gasteiger partial charge >= 0.3 is 0 Å². The predicted octanol–water partition coefficient (Wildman–Crippen LogP) is 2.25. The summed E-state index contributed by atoms with van der Waals surface area (Å²) in [4.78, 5) is 23.3. The van der Waals surface area contributed by atoms with Crippen molar-refractivity contribution >= 4 is 17.1 Å². The number of methoxy groups -OCH3 is 1. The number of hydrogen-bond acceptors (Lipinski definition) is 8. The number of H-pyrrole nitrogens is 1. The molecular formula is C21H35N5O5. The van der Waals surface area contributed by atoms with E-state index in [0.29, 0.717) is 18.9 Å². The van der Waals surface area contributed by atoms with Crippen LogP contribution in [0.2, 0.25) is 0 Å². The van der Waals surface area contributed by atoms with Gasteiger partial charge in [0, 0.05) is 7.11 Å². The second-order valence-electron chi connectivity index (χ2n) is 10.1. The van der Waals surface area contributed by atoms with Crippen molar-refractivity contribution in [1.82, 2.24) is 19.5 Å². The van der Waals surface area contributed by atoms with E-state index in [1.54, 1.807) is 11.7 Å². The van der Waals surface area contributed by atoms with Crippen molar-refractivity contribution in [2.24, 2.45) is 5.41 Å². The number of nitrogens with two attached hydrogens (primary N) is 1. The van der Waals surface area contributed by atoms with Gasteiger partial charge in [-0.05, 0) is 32.6 Å². The maximum atomic E-state index is 12.3. The summed E-state index contributed by atoms with van der Waals surface area (Å²) in [6.07, 6.45) is 0.692. The highest BCUT2D eigenvalue weighted by Gasteiger charge is 2.50. The van der Waals surface area contributed by atoms with Crippen LogP contribution in [0.25, 0.3) is 11.2 Å². The summed E-state index contributed by atoms with van der Waals surface area (Å²) < 4.78 is 26.1. The summed E-state index contributed by atoms with van der Waals surface area (Å²) in [5.74, 6) is 0.0165. The minimum atomic E-state index is -0.588. The zero-order valence-electron chi connectivity index (χ0n) is 19.5. The topological polar surface area (TPSA) is 127 Å². The summed E-state index contributed by atoms with van der Waals surface area (Å²) >= 11 is 0. The molecule has 1 aliphatic heterocycles. The molecule has 10 nitrogen and oxygen atoms in total. The second-order valence-corrected chi connectivity index (χ2v) is 10.1. The Morgan fingerprint density at radius 3 is 2.52 bits per heavy atom. The highest BCUT2D eigenvalue weighted by Crippen LogP contribution is 2.41. The van der Waals surface area contributed by atoms with E-state index in [4.69, 9.17) is 24.7 Å². The number of aromatic nitrogens is 4. The lowest BCUT2D eigenvalue weighted by atomic mass is 9.87. The quantitative estimate of drug-likeness (QED) is 0.632. The Morgan fingerprint density at radius 1 is 1.19 bits per heavy atom. The molecule has 1 saturated heterocycles. The number of nitrogens with zero attached hydrogens (tertiary/aromatic N) is 3. The van der Waals surface area contributed by atoms with E-state index in [-0.39, 0.29) is 29.1 Å². The molecule has 4 atom stereocenters. The van der Waals surface area contributed by atoms with Crippen molar-refractivity contribution in [2.45, 2.75) is 78.1 Å². The fraction of sp³-hybridized carbons (Fsp3) is 0.762. The van der Waals surface area contributed by atoms with Crippen LogP contribution in [0.4, 0.5) is 5.95 Å². The van der Waals surface area contributed by atoms with Gasteiger partial charge in [-0.1, -0.05) is 20.8 Å². The van der Waals surface area contributed by atoms with Crippen molar-refractivity contribution in [3.8, 4) is 0 Å². The first-order chi connectivity index (χ1) is 14.4. The molecule has 0 bridgehead atoms. The molecule has 0 unspecified atom stereocenters. The number of fused-ring (bicyclic) bond motifs is 1. The van der Waals surface area contributed by atoms with Gasteiger partial charge in [-0.2, -0.15) is 4.98 Å². The van der Waals surface area contributed by atoms with Gasteiger partial charge in [0.25, 0.3) is 5.56 Å². The molecule has 0 spiro atoms. The summed E-state index contributed by atoms with van der Waals surface area (Å²) in [6, 6.07) is 0. The lowest BCUT2D eigenvalue weighted by Crippen LogP contribution is -2.43. The van der Waals surface area contributed by atoms with Gasteiger partial charge in [0.1, 0.15) is 12.2 Å². The summed E-state index contributed by atoms with van der Waals surface area (Å²) in [6.45, 7) is 13.3. The first-order valence-electron chi connectivity index (χ1n) is 10.6. The molecule has 1 aliphatic rings.